The fraction of sp³-hybridized carbons (Fsp3) is 0.500. The highest BCUT2D eigenvalue weighted by Crippen LogP contribution is 2.32. The van der Waals surface area contributed by atoms with E-state index in [0.29, 0.717) is 24.0 Å². The lowest BCUT2D eigenvalue weighted by atomic mass is 10.0. The van der Waals surface area contributed by atoms with Crippen LogP contribution in [-0.4, -0.2) is 38.0 Å². The molecule has 1 aliphatic rings. The largest absolute Gasteiger partial charge is 0.354 e. The number of amides is 1. The Morgan fingerprint density at radius 1 is 1.31 bits per heavy atom. The third-order valence-electron chi connectivity index (χ3n) is 4.47. The molecule has 8 heteroatoms. The number of carbonyl (C=O) groups is 1. The molecule has 3 rings (SSSR count). The van der Waals surface area contributed by atoms with Gasteiger partial charge in [0.15, 0.2) is 0 Å². The van der Waals surface area contributed by atoms with Crippen molar-refractivity contribution < 1.29 is 4.79 Å². The molecule has 0 aromatic carbocycles. The van der Waals surface area contributed by atoms with Gasteiger partial charge in [0.25, 0.3) is 5.56 Å². The fourth-order valence-electron chi connectivity index (χ4n) is 3.02. The number of nitrogens with zero attached hydrogens (tertiary/aromatic N) is 4. The van der Waals surface area contributed by atoms with Crippen LogP contribution in [0.2, 0.25) is 0 Å². The van der Waals surface area contributed by atoms with Crippen molar-refractivity contribution in [1.29, 1.82) is 0 Å². The molecular formula is C18H23N5O2S. The van der Waals surface area contributed by atoms with E-state index in [0.717, 1.165) is 24.2 Å². The van der Waals surface area contributed by atoms with Crippen molar-refractivity contribution in [3.05, 3.63) is 46.3 Å². The maximum Gasteiger partial charge on any atom is 0.253 e. The summed E-state index contributed by atoms with van der Waals surface area (Å²) < 4.78 is 1.54. The molecule has 1 saturated carbocycles. The van der Waals surface area contributed by atoms with Crippen molar-refractivity contribution in [3.8, 4) is 0 Å². The van der Waals surface area contributed by atoms with Crippen LogP contribution in [0.5, 0.6) is 0 Å². The quantitative estimate of drug-likeness (QED) is 0.746. The van der Waals surface area contributed by atoms with Crippen LogP contribution < -0.4 is 10.9 Å². The number of hydrogen-bond acceptors (Lipinski definition) is 6. The Morgan fingerprint density at radius 3 is 2.81 bits per heavy atom. The minimum Gasteiger partial charge on any atom is -0.354 e. The second-order valence-corrected chi connectivity index (χ2v) is 7.47. The van der Waals surface area contributed by atoms with Crippen LogP contribution in [0.1, 0.15) is 43.0 Å². The Labute approximate surface area is 156 Å². The number of thioether (sulfide) groups is 1. The molecule has 1 aliphatic carbocycles. The molecule has 0 radical (unpaired) electrons. The summed E-state index contributed by atoms with van der Waals surface area (Å²) in [6.45, 7) is 2.67. The van der Waals surface area contributed by atoms with E-state index < -0.39 is 0 Å². The maximum absolute atomic E-state index is 12.2. The van der Waals surface area contributed by atoms with Gasteiger partial charge in [-0.3, -0.25) is 14.2 Å². The number of rotatable bonds is 7. The summed E-state index contributed by atoms with van der Waals surface area (Å²) in [6, 6.07) is 5.35. The Hall–Kier alpha value is -2.22. The number of carbonyl (C=O) groups excluding carboxylic acids is 1. The van der Waals surface area contributed by atoms with Gasteiger partial charge in [0.1, 0.15) is 5.03 Å². The minimum absolute atomic E-state index is 0.0551. The first-order valence-corrected chi connectivity index (χ1v) is 9.86. The number of aryl methyl sites for hydroxylation is 1. The zero-order valence-electron chi connectivity index (χ0n) is 14.9. The Morgan fingerprint density at radius 2 is 2.12 bits per heavy atom. The van der Waals surface area contributed by atoms with Crippen LogP contribution >= 0.6 is 11.8 Å². The summed E-state index contributed by atoms with van der Waals surface area (Å²) >= 11 is 1.34. The molecule has 7 nitrogen and oxygen atoms in total. The van der Waals surface area contributed by atoms with Gasteiger partial charge in [-0.1, -0.05) is 24.6 Å². The van der Waals surface area contributed by atoms with Crippen LogP contribution in [0.4, 0.5) is 0 Å². The maximum atomic E-state index is 12.2. The van der Waals surface area contributed by atoms with Gasteiger partial charge in [-0.2, -0.15) is 5.10 Å². The Kier molecular flexibility index (Phi) is 6.38. The molecule has 2 aromatic heterocycles. The second-order valence-electron chi connectivity index (χ2n) is 6.48. The number of aromatic nitrogens is 4. The van der Waals surface area contributed by atoms with E-state index in [1.54, 1.807) is 12.4 Å². The third kappa shape index (κ3) is 5.14. The standard InChI is InChI=1S/C18H23N5O2S/c1-13-6-7-17(22-21-13)26-11-16(24)19-8-9-23-12-20-15(10-18(23)25)14-4-2-3-5-14/h6-7,10,12,14H,2-5,8-9,11H2,1H3,(H,19,24). The Balaban J connectivity index is 1.43. The summed E-state index contributed by atoms with van der Waals surface area (Å²) in [7, 11) is 0. The van der Waals surface area contributed by atoms with Crippen molar-refractivity contribution in [3.63, 3.8) is 0 Å². The average Bonchev–Trinajstić information content (AvgIpc) is 3.17. The molecule has 0 spiro atoms. The number of nitrogens with one attached hydrogen (secondary N) is 1. The van der Waals surface area contributed by atoms with Gasteiger partial charge in [-0.15, -0.1) is 5.10 Å². The molecule has 0 bridgehead atoms. The highest BCUT2D eigenvalue weighted by Gasteiger charge is 2.18. The molecule has 138 valence electrons. The summed E-state index contributed by atoms with van der Waals surface area (Å²) in [4.78, 5) is 28.5. The lowest BCUT2D eigenvalue weighted by Crippen LogP contribution is -2.32. The van der Waals surface area contributed by atoms with Gasteiger partial charge in [0.2, 0.25) is 5.91 Å². The molecular weight excluding hydrogens is 350 g/mol. The van der Waals surface area contributed by atoms with Crippen molar-refractivity contribution >= 4 is 17.7 Å². The molecule has 1 N–H and O–H groups in total. The molecule has 0 unspecified atom stereocenters. The molecule has 2 aromatic rings. The average molecular weight is 373 g/mol. The van der Waals surface area contributed by atoms with Crippen LogP contribution in [0.15, 0.2) is 34.3 Å². The first-order chi connectivity index (χ1) is 12.6. The summed E-state index contributed by atoms with van der Waals surface area (Å²) in [5, 5.41) is 11.5. The molecule has 2 heterocycles. The monoisotopic (exact) mass is 373 g/mol. The first kappa shape index (κ1) is 18.6. The van der Waals surface area contributed by atoms with E-state index in [-0.39, 0.29) is 17.2 Å². The predicted octanol–water partition coefficient (Wildman–Crippen LogP) is 1.91. The van der Waals surface area contributed by atoms with Gasteiger partial charge in [0.05, 0.1) is 23.5 Å². The summed E-state index contributed by atoms with van der Waals surface area (Å²) in [5.74, 6) is 0.603. The highest BCUT2D eigenvalue weighted by atomic mass is 32.2. The summed E-state index contributed by atoms with van der Waals surface area (Å²) in [5.41, 5.74) is 1.70. The van der Waals surface area contributed by atoms with Crippen LogP contribution in [-0.2, 0) is 11.3 Å². The molecule has 0 saturated heterocycles. The Bertz CT molecular complexity index is 800. The van der Waals surface area contributed by atoms with Crippen LogP contribution in [0.25, 0.3) is 0 Å². The van der Waals surface area contributed by atoms with E-state index in [2.05, 4.69) is 20.5 Å². The van der Waals surface area contributed by atoms with Gasteiger partial charge in [-0.05, 0) is 31.9 Å². The van der Waals surface area contributed by atoms with E-state index >= 15 is 0 Å². The normalized spacial score (nSPS) is 14.5. The lowest BCUT2D eigenvalue weighted by molar-refractivity contribution is -0.118. The van der Waals surface area contributed by atoms with Crippen molar-refractivity contribution in [2.24, 2.45) is 0 Å². The molecule has 26 heavy (non-hydrogen) atoms. The lowest BCUT2D eigenvalue weighted by Gasteiger charge is -2.10. The summed E-state index contributed by atoms with van der Waals surface area (Å²) in [6.07, 6.45) is 6.27. The van der Waals surface area contributed by atoms with E-state index in [1.807, 2.05) is 19.1 Å². The van der Waals surface area contributed by atoms with E-state index in [1.165, 1.54) is 29.2 Å². The SMILES string of the molecule is Cc1ccc(SCC(=O)NCCn2cnc(C3CCCC3)cc2=O)nn1. The second kappa shape index (κ2) is 8.93. The smallest absolute Gasteiger partial charge is 0.253 e. The van der Waals surface area contributed by atoms with Gasteiger partial charge >= 0.3 is 0 Å². The number of hydrogen-bond donors (Lipinski definition) is 1. The predicted molar refractivity (Wildman–Crippen MR) is 100 cm³/mol. The van der Waals surface area contributed by atoms with Gasteiger partial charge in [0, 0.05) is 25.1 Å². The minimum atomic E-state index is -0.0963. The zero-order chi connectivity index (χ0) is 18.4. The molecule has 1 amide bonds. The molecule has 1 fully saturated rings. The first-order valence-electron chi connectivity index (χ1n) is 8.88. The topological polar surface area (TPSA) is 89.8 Å². The fourth-order valence-corrected chi connectivity index (χ4v) is 3.67. The van der Waals surface area contributed by atoms with E-state index in [4.69, 9.17) is 0 Å². The zero-order valence-corrected chi connectivity index (χ0v) is 15.7. The van der Waals surface area contributed by atoms with Crippen LogP contribution in [0.3, 0.4) is 0 Å². The highest BCUT2D eigenvalue weighted by molar-refractivity contribution is 7.99. The third-order valence-corrected chi connectivity index (χ3v) is 5.39. The van der Waals surface area contributed by atoms with Crippen LogP contribution in [0, 0.1) is 6.92 Å². The van der Waals surface area contributed by atoms with Gasteiger partial charge in [-0.25, -0.2) is 4.98 Å². The van der Waals surface area contributed by atoms with Crippen molar-refractivity contribution in [2.75, 3.05) is 12.3 Å². The van der Waals surface area contributed by atoms with E-state index in [9.17, 15) is 9.59 Å². The van der Waals surface area contributed by atoms with Crippen molar-refractivity contribution in [1.82, 2.24) is 25.1 Å². The van der Waals surface area contributed by atoms with Gasteiger partial charge < -0.3 is 5.32 Å². The molecule has 0 atom stereocenters. The van der Waals surface area contributed by atoms with Crippen molar-refractivity contribution in [2.45, 2.75) is 50.1 Å². The molecule has 0 aliphatic heterocycles.